The summed E-state index contributed by atoms with van der Waals surface area (Å²) in [6, 6.07) is 22.9. The third kappa shape index (κ3) is 7.63. The molecule has 10 heteroatoms. The van der Waals surface area contributed by atoms with E-state index in [0.717, 1.165) is 41.8 Å². The Bertz CT molecular complexity index is 1410. The van der Waals surface area contributed by atoms with Crippen molar-refractivity contribution in [3.63, 3.8) is 0 Å². The van der Waals surface area contributed by atoms with Gasteiger partial charge in [0.25, 0.3) is 5.91 Å². The zero-order valence-electron chi connectivity index (χ0n) is 22.9. The Morgan fingerprint density at radius 3 is 2.48 bits per heavy atom. The lowest BCUT2D eigenvalue weighted by molar-refractivity contribution is -0.118. The fourth-order valence-corrected chi connectivity index (χ4v) is 4.61. The summed E-state index contributed by atoms with van der Waals surface area (Å²) in [7, 11) is 3.18. The molecule has 0 radical (unpaired) electrons. The number of rotatable bonds is 14. The minimum absolute atomic E-state index is 0.110. The summed E-state index contributed by atoms with van der Waals surface area (Å²) < 4.78 is 18.5. The van der Waals surface area contributed by atoms with Crippen LogP contribution in [0.1, 0.15) is 31.7 Å². The summed E-state index contributed by atoms with van der Waals surface area (Å²) in [6.07, 6.45) is 4.97. The van der Waals surface area contributed by atoms with Gasteiger partial charge in [0.05, 0.1) is 32.8 Å². The number of thioether (sulfide) groups is 1. The Morgan fingerprint density at radius 2 is 1.75 bits per heavy atom. The number of carbonyl (C=O) groups is 1. The van der Waals surface area contributed by atoms with Crippen LogP contribution >= 0.6 is 11.8 Å². The maximum Gasteiger partial charge on any atom is 0.250 e. The van der Waals surface area contributed by atoms with Gasteiger partial charge < -0.3 is 14.2 Å². The van der Waals surface area contributed by atoms with Crippen LogP contribution in [0.2, 0.25) is 0 Å². The highest BCUT2D eigenvalue weighted by molar-refractivity contribution is 7.99. The second-order valence-electron chi connectivity index (χ2n) is 8.75. The molecule has 208 valence electrons. The highest BCUT2D eigenvalue weighted by Gasteiger charge is 2.18. The number of hydrogen-bond donors (Lipinski definition) is 1. The van der Waals surface area contributed by atoms with Gasteiger partial charge in [0.2, 0.25) is 0 Å². The van der Waals surface area contributed by atoms with Crippen molar-refractivity contribution in [1.29, 1.82) is 0 Å². The van der Waals surface area contributed by atoms with E-state index in [1.165, 1.54) is 11.8 Å². The number of amides is 1. The average molecular weight is 560 g/mol. The molecule has 1 N–H and O–H groups in total. The fourth-order valence-electron chi connectivity index (χ4n) is 3.87. The van der Waals surface area contributed by atoms with Crippen LogP contribution in [0.5, 0.6) is 17.2 Å². The number of nitrogens with one attached hydrogen (secondary N) is 1. The molecule has 0 bridgehead atoms. The number of para-hydroxylation sites is 1. The van der Waals surface area contributed by atoms with Gasteiger partial charge in [-0.05, 0) is 66.6 Å². The summed E-state index contributed by atoms with van der Waals surface area (Å²) in [5.41, 5.74) is 5.11. The molecule has 1 heterocycles. The molecule has 0 saturated heterocycles. The molecule has 1 aromatic heterocycles. The zero-order chi connectivity index (χ0) is 28.2. The van der Waals surface area contributed by atoms with Crippen LogP contribution in [-0.2, 0) is 4.79 Å². The third-order valence-corrected chi connectivity index (χ3v) is 6.85. The number of methoxy groups -OCH3 is 2. The Labute approximate surface area is 238 Å². The van der Waals surface area contributed by atoms with E-state index in [1.54, 1.807) is 20.4 Å². The second-order valence-corrected chi connectivity index (χ2v) is 9.70. The molecule has 0 aliphatic heterocycles. The Hall–Kier alpha value is -4.31. The average Bonchev–Trinajstić information content (AvgIpc) is 3.43. The first-order chi connectivity index (χ1) is 19.6. The Morgan fingerprint density at radius 1 is 0.975 bits per heavy atom. The van der Waals surface area contributed by atoms with Gasteiger partial charge in [0.15, 0.2) is 22.5 Å². The van der Waals surface area contributed by atoms with E-state index in [4.69, 9.17) is 14.2 Å². The molecule has 0 aliphatic rings. The number of hydrazone groups is 1. The van der Waals surface area contributed by atoms with Gasteiger partial charge >= 0.3 is 0 Å². The maximum atomic E-state index is 12.6. The number of unbranched alkanes of at least 4 members (excludes halogenated alkanes) is 2. The van der Waals surface area contributed by atoms with Gasteiger partial charge in [-0.3, -0.25) is 9.36 Å². The van der Waals surface area contributed by atoms with Crippen LogP contribution in [0.3, 0.4) is 0 Å². The first kappa shape index (κ1) is 28.7. The van der Waals surface area contributed by atoms with Crippen molar-refractivity contribution in [2.45, 2.75) is 31.3 Å². The summed E-state index contributed by atoms with van der Waals surface area (Å²) in [5.74, 6) is 2.50. The minimum Gasteiger partial charge on any atom is -0.494 e. The van der Waals surface area contributed by atoms with E-state index >= 15 is 0 Å². The van der Waals surface area contributed by atoms with Crippen molar-refractivity contribution in [3.8, 4) is 34.3 Å². The molecule has 0 aliphatic carbocycles. The number of ether oxygens (including phenoxy) is 3. The molecule has 40 heavy (non-hydrogen) atoms. The summed E-state index contributed by atoms with van der Waals surface area (Å²) >= 11 is 1.27. The largest absolute Gasteiger partial charge is 0.494 e. The minimum atomic E-state index is -0.257. The lowest BCUT2D eigenvalue weighted by atomic mass is 10.2. The third-order valence-electron chi connectivity index (χ3n) is 5.92. The molecule has 9 nitrogen and oxygen atoms in total. The van der Waals surface area contributed by atoms with Crippen LogP contribution in [0, 0.1) is 0 Å². The van der Waals surface area contributed by atoms with E-state index in [2.05, 4.69) is 27.6 Å². The van der Waals surface area contributed by atoms with Crippen molar-refractivity contribution < 1.29 is 19.0 Å². The smallest absolute Gasteiger partial charge is 0.250 e. The molecule has 0 spiro atoms. The van der Waals surface area contributed by atoms with Crippen molar-refractivity contribution in [1.82, 2.24) is 20.2 Å². The van der Waals surface area contributed by atoms with Crippen LogP contribution in [0.4, 0.5) is 0 Å². The van der Waals surface area contributed by atoms with Gasteiger partial charge in [-0.15, -0.1) is 10.2 Å². The lowest BCUT2D eigenvalue weighted by Crippen LogP contribution is -2.20. The van der Waals surface area contributed by atoms with Crippen LogP contribution in [-0.4, -0.2) is 53.5 Å². The standard InChI is InChI=1S/C30H33N5O4S/c1-4-5-9-18-39-25-15-12-22(13-16-25)20-31-32-28(36)21-40-30-34-33-29(35(30)24-10-7-6-8-11-24)23-14-17-26(37-2)27(19-23)38-3/h6-8,10-17,19-20H,4-5,9,18,21H2,1-3H3,(H,32,36). The molecular formula is C30H33N5O4S. The molecule has 0 unspecified atom stereocenters. The van der Waals surface area contributed by atoms with Gasteiger partial charge in [-0.1, -0.05) is 49.7 Å². The highest BCUT2D eigenvalue weighted by atomic mass is 32.2. The van der Waals surface area contributed by atoms with Crippen molar-refractivity contribution in [3.05, 3.63) is 78.4 Å². The van der Waals surface area contributed by atoms with E-state index in [0.29, 0.717) is 29.1 Å². The zero-order valence-corrected chi connectivity index (χ0v) is 23.7. The van der Waals surface area contributed by atoms with Crippen molar-refractivity contribution in [2.24, 2.45) is 5.10 Å². The van der Waals surface area contributed by atoms with Crippen LogP contribution in [0.15, 0.2) is 83.1 Å². The molecule has 0 fully saturated rings. The van der Waals surface area contributed by atoms with E-state index in [1.807, 2.05) is 77.4 Å². The monoisotopic (exact) mass is 559 g/mol. The Balaban J connectivity index is 1.41. The molecule has 4 aromatic rings. The highest BCUT2D eigenvalue weighted by Crippen LogP contribution is 2.34. The van der Waals surface area contributed by atoms with Gasteiger partial charge in [0, 0.05) is 11.3 Å². The summed E-state index contributed by atoms with van der Waals surface area (Å²) in [5, 5.41) is 13.5. The van der Waals surface area contributed by atoms with Crippen LogP contribution < -0.4 is 19.6 Å². The molecule has 4 rings (SSSR count). The quantitative estimate of drug-likeness (QED) is 0.0907. The van der Waals surface area contributed by atoms with E-state index < -0.39 is 0 Å². The van der Waals surface area contributed by atoms with Gasteiger partial charge in [0.1, 0.15) is 5.75 Å². The predicted molar refractivity (Wildman–Crippen MR) is 158 cm³/mol. The normalized spacial score (nSPS) is 11.0. The summed E-state index contributed by atoms with van der Waals surface area (Å²) in [6.45, 7) is 2.88. The number of benzene rings is 3. The van der Waals surface area contributed by atoms with Gasteiger partial charge in [-0.2, -0.15) is 5.10 Å². The molecule has 0 atom stereocenters. The number of aromatic nitrogens is 3. The van der Waals surface area contributed by atoms with E-state index in [9.17, 15) is 4.79 Å². The van der Waals surface area contributed by atoms with Crippen molar-refractivity contribution in [2.75, 3.05) is 26.6 Å². The van der Waals surface area contributed by atoms with Crippen molar-refractivity contribution >= 4 is 23.9 Å². The second kappa shape index (κ2) is 14.7. The lowest BCUT2D eigenvalue weighted by Gasteiger charge is -2.12. The predicted octanol–water partition coefficient (Wildman–Crippen LogP) is 5.76. The number of hydrogen-bond acceptors (Lipinski definition) is 8. The SMILES string of the molecule is CCCCCOc1ccc(C=NNC(=O)CSc2nnc(-c3ccc(OC)c(OC)c3)n2-c2ccccc2)cc1. The maximum absolute atomic E-state index is 12.6. The molecule has 0 saturated carbocycles. The molecular weight excluding hydrogens is 526 g/mol. The number of nitrogens with zero attached hydrogens (tertiary/aromatic N) is 4. The van der Waals surface area contributed by atoms with E-state index in [-0.39, 0.29) is 11.7 Å². The topological polar surface area (TPSA) is 99.9 Å². The molecule has 3 aromatic carbocycles. The van der Waals surface area contributed by atoms with Gasteiger partial charge in [-0.25, -0.2) is 5.43 Å². The Kier molecular flexibility index (Phi) is 10.6. The van der Waals surface area contributed by atoms with Crippen LogP contribution in [0.25, 0.3) is 17.1 Å². The first-order valence-corrected chi connectivity index (χ1v) is 14.0. The molecule has 1 amide bonds. The first-order valence-electron chi connectivity index (χ1n) is 13.0. The summed E-state index contributed by atoms with van der Waals surface area (Å²) in [4.78, 5) is 12.6. The number of carbonyl (C=O) groups excluding carboxylic acids is 1. The fraction of sp³-hybridized carbons (Fsp3) is 0.267.